The molecule has 3 rings (SSSR count). The van der Waals surface area contributed by atoms with Gasteiger partial charge in [-0.2, -0.15) is 0 Å². The summed E-state index contributed by atoms with van der Waals surface area (Å²) in [4.78, 5) is 3.24. The second kappa shape index (κ2) is 7.47. The Morgan fingerprint density at radius 2 is 1.78 bits per heavy atom. The van der Waals surface area contributed by atoms with Crippen molar-refractivity contribution in [2.75, 3.05) is 6.54 Å². The van der Waals surface area contributed by atoms with Gasteiger partial charge in [0.15, 0.2) is 0 Å². The highest BCUT2D eigenvalue weighted by Gasteiger charge is 2.03. The van der Waals surface area contributed by atoms with Crippen LogP contribution in [0, 0.1) is 6.92 Å². The molecule has 23 heavy (non-hydrogen) atoms. The highest BCUT2D eigenvalue weighted by Crippen LogP contribution is 2.15. The number of hydrogen-bond acceptors (Lipinski definition) is 1. The minimum absolute atomic E-state index is 0.518. The number of H-pyrrole nitrogens is 1. The number of fused-ring (bicyclic) bond motifs is 1. The molecule has 0 radical (unpaired) electrons. The van der Waals surface area contributed by atoms with Crippen LogP contribution >= 0.6 is 0 Å². The fourth-order valence-corrected chi connectivity index (χ4v) is 3.05. The largest absolute Gasteiger partial charge is 0.361 e. The Bertz CT molecular complexity index is 740. The molecule has 120 valence electrons. The summed E-state index contributed by atoms with van der Waals surface area (Å²) >= 11 is 0. The van der Waals surface area contributed by atoms with Crippen molar-refractivity contribution in [1.29, 1.82) is 0 Å². The molecule has 0 aliphatic heterocycles. The van der Waals surface area contributed by atoms with E-state index in [1.54, 1.807) is 0 Å². The maximum absolute atomic E-state index is 3.64. The van der Waals surface area contributed by atoms with Gasteiger partial charge in [-0.1, -0.05) is 35.9 Å². The number of aryl methyl sites for hydroxylation is 2. The van der Waals surface area contributed by atoms with E-state index in [4.69, 9.17) is 0 Å². The van der Waals surface area contributed by atoms with Crippen LogP contribution in [0.5, 0.6) is 0 Å². The van der Waals surface area contributed by atoms with Crippen molar-refractivity contribution in [2.45, 2.75) is 39.2 Å². The van der Waals surface area contributed by atoms with E-state index in [1.165, 1.54) is 34.0 Å². The fraction of sp³-hybridized carbons (Fsp3) is 0.333. The minimum atomic E-state index is 0.518. The van der Waals surface area contributed by atoms with Crippen LogP contribution in [-0.4, -0.2) is 17.6 Å². The Balaban J connectivity index is 1.41. The van der Waals surface area contributed by atoms with Crippen LogP contribution in [0.25, 0.3) is 10.9 Å². The van der Waals surface area contributed by atoms with Crippen molar-refractivity contribution in [3.8, 4) is 0 Å². The van der Waals surface area contributed by atoms with Crippen molar-refractivity contribution in [1.82, 2.24) is 10.3 Å². The van der Waals surface area contributed by atoms with Crippen LogP contribution in [0.1, 0.15) is 30.0 Å². The second-order valence-electron chi connectivity index (χ2n) is 6.55. The van der Waals surface area contributed by atoms with Crippen LogP contribution in [0.15, 0.2) is 54.7 Å². The first-order chi connectivity index (χ1) is 11.2. The molecule has 2 N–H and O–H groups in total. The molecule has 0 spiro atoms. The molecule has 0 saturated heterocycles. The SMILES string of the molecule is Cc1ccc(CC(C)NCCCc2ccc3[nH]ccc3c2)cc1. The van der Waals surface area contributed by atoms with Crippen molar-refractivity contribution < 1.29 is 0 Å². The average molecular weight is 306 g/mol. The number of nitrogens with one attached hydrogen (secondary N) is 2. The van der Waals surface area contributed by atoms with E-state index < -0.39 is 0 Å². The minimum Gasteiger partial charge on any atom is -0.361 e. The molecule has 0 saturated carbocycles. The second-order valence-corrected chi connectivity index (χ2v) is 6.55. The van der Waals surface area contributed by atoms with Crippen LogP contribution in [0.2, 0.25) is 0 Å². The van der Waals surface area contributed by atoms with Gasteiger partial charge >= 0.3 is 0 Å². The van der Waals surface area contributed by atoms with Crippen LogP contribution in [0.3, 0.4) is 0 Å². The molecular weight excluding hydrogens is 280 g/mol. The number of rotatable bonds is 7. The van der Waals surface area contributed by atoms with E-state index in [0.29, 0.717) is 6.04 Å². The van der Waals surface area contributed by atoms with E-state index >= 15 is 0 Å². The third kappa shape index (κ3) is 4.46. The van der Waals surface area contributed by atoms with Crippen molar-refractivity contribution >= 4 is 10.9 Å². The molecule has 0 aliphatic rings. The molecule has 2 nitrogen and oxygen atoms in total. The molecule has 1 unspecified atom stereocenters. The summed E-state index contributed by atoms with van der Waals surface area (Å²) < 4.78 is 0. The molecule has 0 aliphatic carbocycles. The quantitative estimate of drug-likeness (QED) is 0.612. The smallest absolute Gasteiger partial charge is 0.0454 e. The van der Waals surface area contributed by atoms with E-state index in [0.717, 1.165) is 19.4 Å². The fourth-order valence-electron chi connectivity index (χ4n) is 3.05. The number of aromatic nitrogens is 1. The average Bonchev–Trinajstić information content (AvgIpc) is 3.01. The summed E-state index contributed by atoms with van der Waals surface area (Å²) in [7, 11) is 0. The van der Waals surface area contributed by atoms with E-state index in [9.17, 15) is 0 Å². The number of hydrogen-bond donors (Lipinski definition) is 2. The summed E-state index contributed by atoms with van der Waals surface area (Å²) in [5.74, 6) is 0. The van der Waals surface area contributed by atoms with Crippen LogP contribution < -0.4 is 5.32 Å². The van der Waals surface area contributed by atoms with Gasteiger partial charge in [-0.3, -0.25) is 0 Å². The zero-order valence-electron chi connectivity index (χ0n) is 14.1. The molecule has 1 aromatic heterocycles. The number of aromatic amines is 1. The lowest BCUT2D eigenvalue weighted by Crippen LogP contribution is -2.29. The van der Waals surface area contributed by atoms with E-state index in [1.807, 2.05) is 6.20 Å². The van der Waals surface area contributed by atoms with Gasteiger partial charge in [0.05, 0.1) is 0 Å². The zero-order chi connectivity index (χ0) is 16.1. The lowest BCUT2D eigenvalue weighted by Gasteiger charge is -2.14. The Morgan fingerprint density at radius 3 is 2.61 bits per heavy atom. The third-order valence-corrected chi connectivity index (χ3v) is 4.42. The maximum atomic E-state index is 3.64. The Hall–Kier alpha value is -2.06. The first-order valence-electron chi connectivity index (χ1n) is 8.56. The standard InChI is InChI=1S/C21H26N2/c1-16-5-7-19(8-6-16)14-17(2)22-12-3-4-18-9-10-21-20(15-18)11-13-23-21/h5-11,13,15,17,22-23H,3-4,12,14H2,1-2H3. The van der Waals surface area contributed by atoms with Gasteiger partial charge in [0, 0.05) is 17.8 Å². The van der Waals surface area contributed by atoms with Gasteiger partial charge in [0.2, 0.25) is 0 Å². The highest BCUT2D eigenvalue weighted by molar-refractivity contribution is 5.79. The van der Waals surface area contributed by atoms with E-state index in [2.05, 4.69) is 72.7 Å². The Kier molecular flexibility index (Phi) is 5.14. The monoisotopic (exact) mass is 306 g/mol. The van der Waals surface area contributed by atoms with Crippen molar-refractivity contribution in [3.63, 3.8) is 0 Å². The lowest BCUT2D eigenvalue weighted by molar-refractivity contribution is 0.534. The summed E-state index contributed by atoms with van der Waals surface area (Å²) in [6.45, 7) is 5.47. The van der Waals surface area contributed by atoms with Crippen LogP contribution in [0.4, 0.5) is 0 Å². The van der Waals surface area contributed by atoms with Gasteiger partial charge in [0.1, 0.15) is 0 Å². The van der Waals surface area contributed by atoms with Crippen molar-refractivity contribution in [2.24, 2.45) is 0 Å². The van der Waals surface area contributed by atoms with Crippen LogP contribution in [-0.2, 0) is 12.8 Å². The predicted octanol–water partition coefficient (Wildman–Crippen LogP) is 4.63. The molecular formula is C21H26N2. The summed E-state index contributed by atoms with van der Waals surface area (Å²) in [5.41, 5.74) is 5.38. The van der Waals surface area contributed by atoms with Gasteiger partial charge in [0.25, 0.3) is 0 Å². The van der Waals surface area contributed by atoms with Gasteiger partial charge < -0.3 is 10.3 Å². The molecule has 2 heteroatoms. The Morgan fingerprint density at radius 1 is 1.00 bits per heavy atom. The summed E-state index contributed by atoms with van der Waals surface area (Å²) in [5, 5.41) is 4.95. The molecule has 3 aromatic rings. The molecule has 1 heterocycles. The summed E-state index contributed by atoms with van der Waals surface area (Å²) in [6.07, 6.45) is 5.40. The Labute approximate surface area is 138 Å². The lowest BCUT2D eigenvalue weighted by atomic mass is 10.0. The summed E-state index contributed by atoms with van der Waals surface area (Å²) in [6, 6.07) is 18.2. The first kappa shape index (κ1) is 15.8. The first-order valence-corrected chi connectivity index (χ1v) is 8.56. The molecule has 0 fully saturated rings. The maximum Gasteiger partial charge on any atom is 0.0454 e. The molecule has 0 amide bonds. The molecule has 0 bridgehead atoms. The van der Waals surface area contributed by atoms with Gasteiger partial charge in [-0.05, 0) is 74.4 Å². The topological polar surface area (TPSA) is 27.8 Å². The molecule has 2 aromatic carbocycles. The van der Waals surface area contributed by atoms with Crippen molar-refractivity contribution in [3.05, 3.63) is 71.4 Å². The highest BCUT2D eigenvalue weighted by atomic mass is 14.9. The van der Waals surface area contributed by atoms with Gasteiger partial charge in [-0.25, -0.2) is 0 Å². The zero-order valence-corrected chi connectivity index (χ0v) is 14.1. The van der Waals surface area contributed by atoms with Gasteiger partial charge in [-0.15, -0.1) is 0 Å². The molecule has 1 atom stereocenters. The third-order valence-electron chi connectivity index (χ3n) is 4.42. The number of benzene rings is 2. The predicted molar refractivity (Wildman–Crippen MR) is 99.0 cm³/mol. The van der Waals surface area contributed by atoms with E-state index in [-0.39, 0.29) is 0 Å². The normalized spacial score (nSPS) is 12.6.